The first kappa shape index (κ1) is 21.9. The number of benzene rings is 2. The maximum Gasteiger partial charge on any atom is 0.250 e. The van der Waals surface area contributed by atoms with Crippen LogP contribution in [0, 0.1) is 18.8 Å². The molecule has 3 aliphatic rings. The number of methoxy groups -OCH3 is 1. The smallest absolute Gasteiger partial charge is 0.250 e. The molecule has 172 valence electrons. The minimum Gasteiger partial charge on any atom is -0.497 e. The van der Waals surface area contributed by atoms with Crippen molar-refractivity contribution in [2.45, 2.75) is 38.1 Å². The van der Waals surface area contributed by atoms with Gasteiger partial charge in [-0.1, -0.05) is 23.7 Å². The summed E-state index contributed by atoms with van der Waals surface area (Å²) in [4.78, 5) is 41.8. The van der Waals surface area contributed by atoms with Gasteiger partial charge < -0.3 is 15.2 Å². The fraction of sp³-hybridized carbons (Fsp3) is 0.375. The molecule has 0 unspecified atom stereocenters. The van der Waals surface area contributed by atoms with Gasteiger partial charge in [0.1, 0.15) is 11.3 Å². The predicted octanol–water partition coefficient (Wildman–Crippen LogP) is 1.96. The normalized spacial score (nSPS) is 28.8. The third-order valence-corrected chi connectivity index (χ3v) is 7.25. The van der Waals surface area contributed by atoms with Gasteiger partial charge in [0.2, 0.25) is 17.7 Å². The van der Waals surface area contributed by atoms with Crippen molar-refractivity contribution in [1.29, 1.82) is 0 Å². The third-order valence-electron chi connectivity index (χ3n) is 7.03. The number of hydrogen-bond donors (Lipinski definition) is 3. The summed E-state index contributed by atoms with van der Waals surface area (Å²) in [6.45, 7) is 3.44. The lowest BCUT2D eigenvalue weighted by Crippen LogP contribution is -2.54. The molecule has 2 saturated heterocycles. The molecule has 2 aromatic rings. The molecule has 3 amide bonds. The molecular weight excluding hydrogens is 446 g/mol. The zero-order valence-electron chi connectivity index (χ0n) is 18.4. The molecule has 0 saturated carbocycles. The molecule has 8 nitrogen and oxygen atoms in total. The molecule has 5 rings (SSSR count). The molecule has 0 aromatic heterocycles. The monoisotopic (exact) mass is 469 g/mol. The lowest BCUT2D eigenvalue weighted by molar-refractivity contribution is -0.143. The van der Waals surface area contributed by atoms with Crippen molar-refractivity contribution in [2.24, 2.45) is 11.8 Å². The summed E-state index contributed by atoms with van der Waals surface area (Å²) >= 11 is 6.32. The number of ether oxygens (including phenoxy) is 1. The second kappa shape index (κ2) is 7.55. The summed E-state index contributed by atoms with van der Waals surface area (Å²) < 4.78 is 5.17. The van der Waals surface area contributed by atoms with Crippen molar-refractivity contribution in [1.82, 2.24) is 10.2 Å². The minimum absolute atomic E-state index is 0.0698. The van der Waals surface area contributed by atoms with E-state index >= 15 is 0 Å². The van der Waals surface area contributed by atoms with Crippen molar-refractivity contribution in [3.8, 4) is 5.75 Å². The topological polar surface area (TPSA) is 108 Å². The molecule has 9 heteroatoms. The first-order valence-electron chi connectivity index (χ1n) is 10.7. The number of likely N-dealkylation sites (tertiary alicyclic amines) is 1. The number of amides is 3. The van der Waals surface area contributed by atoms with Gasteiger partial charge in [-0.15, -0.1) is 0 Å². The lowest BCUT2D eigenvalue weighted by atomic mass is 9.76. The van der Waals surface area contributed by atoms with Crippen LogP contribution in [0.4, 0.5) is 5.69 Å². The number of carbonyl (C=O) groups is 3. The quantitative estimate of drug-likeness (QED) is 0.591. The van der Waals surface area contributed by atoms with Crippen LogP contribution in [-0.4, -0.2) is 47.0 Å². The largest absolute Gasteiger partial charge is 0.497 e. The van der Waals surface area contributed by atoms with Crippen molar-refractivity contribution in [3.05, 3.63) is 58.1 Å². The van der Waals surface area contributed by atoms with Gasteiger partial charge in [-0.25, -0.2) is 0 Å². The Morgan fingerprint density at radius 2 is 1.88 bits per heavy atom. The first-order chi connectivity index (χ1) is 15.7. The van der Waals surface area contributed by atoms with Gasteiger partial charge in [-0.2, -0.15) is 0 Å². The number of carbonyl (C=O) groups excluding carboxylic acids is 3. The van der Waals surface area contributed by atoms with Crippen molar-refractivity contribution < 1.29 is 24.2 Å². The van der Waals surface area contributed by atoms with E-state index in [1.807, 2.05) is 6.92 Å². The molecule has 1 spiro atoms. The van der Waals surface area contributed by atoms with Crippen LogP contribution >= 0.6 is 11.6 Å². The lowest BCUT2D eigenvalue weighted by Gasteiger charge is -2.30. The number of anilines is 1. The molecular formula is C24H24ClN3O5. The van der Waals surface area contributed by atoms with Gasteiger partial charge in [0.15, 0.2) is 0 Å². The molecule has 0 bridgehead atoms. The van der Waals surface area contributed by atoms with E-state index in [2.05, 4.69) is 10.6 Å². The van der Waals surface area contributed by atoms with Crippen LogP contribution in [0.25, 0.3) is 0 Å². The standard InChI is InChI=1S/C24H24ClN3O5/c1-11-8-14(25)9-16-19(11)26-23(32)24(16)18-17(20(27-24)12(2)29)21(30)28(22(18)31)10-13-4-6-15(33-3)7-5-13/h4-9,12,17-18,20,27,29H,10H2,1-3H3,(H,26,32)/t12-,17+,18+,20-,24-/m1/s1. The minimum atomic E-state index is -1.49. The number of aliphatic hydroxyl groups excluding tert-OH is 1. The highest BCUT2D eigenvalue weighted by molar-refractivity contribution is 6.31. The molecule has 2 aromatic carbocycles. The third kappa shape index (κ3) is 3.01. The SMILES string of the molecule is COc1ccc(CN2C(=O)[C@@H]3[C@@H]([C@@H](C)O)N[C@@]4(C(=O)Nc5c(C)cc(Cl)cc54)[C@@H]3C2=O)cc1. The summed E-state index contributed by atoms with van der Waals surface area (Å²) in [5.41, 5.74) is 1.13. The van der Waals surface area contributed by atoms with Gasteiger partial charge in [0.05, 0.1) is 31.6 Å². The van der Waals surface area contributed by atoms with Gasteiger partial charge >= 0.3 is 0 Å². The average molecular weight is 470 g/mol. The Morgan fingerprint density at radius 3 is 2.52 bits per heavy atom. The first-order valence-corrected chi connectivity index (χ1v) is 11.1. The number of nitrogens with one attached hydrogen (secondary N) is 2. The van der Waals surface area contributed by atoms with E-state index in [-0.39, 0.29) is 6.54 Å². The molecule has 3 aliphatic heterocycles. The molecule has 3 heterocycles. The maximum absolute atomic E-state index is 13.7. The Labute approximate surface area is 195 Å². The van der Waals surface area contributed by atoms with Gasteiger partial charge in [0.25, 0.3) is 0 Å². The zero-order chi connectivity index (χ0) is 23.7. The van der Waals surface area contributed by atoms with E-state index in [1.54, 1.807) is 50.4 Å². The van der Waals surface area contributed by atoms with Crippen molar-refractivity contribution in [2.75, 3.05) is 12.4 Å². The van der Waals surface area contributed by atoms with Crippen LogP contribution in [0.15, 0.2) is 36.4 Å². The number of halogens is 1. The number of nitrogens with zero attached hydrogens (tertiary/aromatic N) is 1. The Kier molecular flexibility index (Phi) is 5.00. The van der Waals surface area contributed by atoms with E-state index in [9.17, 15) is 19.5 Å². The second-order valence-corrected chi connectivity index (χ2v) is 9.37. The van der Waals surface area contributed by atoms with Crippen LogP contribution in [0.3, 0.4) is 0 Å². The number of aliphatic hydroxyl groups is 1. The van der Waals surface area contributed by atoms with E-state index in [1.165, 1.54) is 4.90 Å². The van der Waals surface area contributed by atoms with E-state index in [4.69, 9.17) is 16.3 Å². The summed E-state index contributed by atoms with van der Waals surface area (Å²) in [6, 6.07) is 9.70. The Balaban J connectivity index is 1.60. The van der Waals surface area contributed by atoms with Crippen LogP contribution in [0.5, 0.6) is 5.75 Å². The number of imide groups is 1. The van der Waals surface area contributed by atoms with E-state index in [0.717, 1.165) is 11.1 Å². The fourth-order valence-corrected chi connectivity index (χ4v) is 5.78. The highest BCUT2D eigenvalue weighted by Gasteiger charge is 2.71. The summed E-state index contributed by atoms with van der Waals surface area (Å²) in [7, 11) is 1.56. The Hall–Kier alpha value is -2.94. The highest BCUT2D eigenvalue weighted by Crippen LogP contribution is 2.54. The van der Waals surface area contributed by atoms with Crippen molar-refractivity contribution in [3.63, 3.8) is 0 Å². The van der Waals surface area contributed by atoms with Crippen LogP contribution in [0.1, 0.15) is 23.6 Å². The van der Waals surface area contributed by atoms with Gasteiger partial charge in [-0.3, -0.25) is 24.6 Å². The molecule has 5 atom stereocenters. The number of hydrogen-bond acceptors (Lipinski definition) is 6. The highest BCUT2D eigenvalue weighted by atomic mass is 35.5. The molecule has 2 fully saturated rings. The molecule has 0 aliphatic carbocycles. The predicted molar refractivity (Wildman–Crippen MR) is 121 cm³/mol. The fourth-order valence-electron chi connectivity index (χ4n) is 5.51. The number of fused-ring (bicyclic) bond motifs is 4. The van der Waals surface area contributed by atoms with Crippen LogP contribution < -0.4 is 15.4 Å². The van der Waals surface area contributed by atoms with Gasteiger partial charge in [-0.05, 0) is 49.2 Å². The van der Waals surface area contributed by atoms with Crippen molar-refractivity contribution >= 4 is 35.0 Å². The molecule has 0 radical (unpaired) electrons. The molecule has 33 heavy (non-hydrogen) atoms. The second-order valence-electron chi connectivity index (χ2n) is 8.93. The van der Waals surface area contributed by atoms with Crippen LogP contribution in [0.2, 0.25) is 5.02 Å². The average Bonchev–Trinajstić information content (AvgIpc) is 3.36. The number of aryl methyl sites for hydroxylation is 1. The van der Waals surface area contributed by atoms with E-state index in [0.29, 0.717) is 22.0 Å². The number of rotatable bonds is 4. The Morgan fingerprint density at radius 1 is 1.18 bits per heavy atom. The van der Waals surface area contributed by atoms with Gasteiger partial charge in [0, 0.05) is 22.3 Å². The zero-order valence-corrected chi connectivity index (χ0v) is 19.1. The summed E-state index contributed by atoms with van der Waals surface area (Å²) in [5.74, 6) is -2.49. The molecule has 3 N–H and O–H groups in total. The summed E-state index contributed by atoms with van der Waals surface area (Å²) in [6.07, 6.45) is -0.966. The van der Waals surface area contributed by atoms with Crippen LogP contribution in [-0.2, 0) is 26.5 Å². The maximum atomic E-state index is 13.7. The van der Waals surface area contributed by atoms with E-state index < -0.39 is 47.2 Å². The summed E-state index contributed by atoms with van der Waals surface area (Å²) in [5, 5.41) is 17.0. The Bertz CT molecular complexity index is 1180.